The molecular formula is C19H26N6O3. The fourth-order valence-electron chi connectivity index (χ4n) is 3.46. The molecule has 4 rings (SSSR count). The first-order valence-electron chi connectivity index (χ1n) is 9.80. The number of benzene rings is 1. The van der Waals surface area contributed by atoms with Gasteiger partial charge in [0, 0.05) is 0 Å². The van der Waals surface area contributed by atoms with E-state index in [0.717, 1.165) is 30.6 Å². The number of piperidine rings is 1. The van der Waals surface area contributed by atoms with Gasteiger partial charge in [-0.1, -0.05) is 19.1 Å². The van der Waals surface area contributed by atoms with E-state index in [4.69, 9.17) is 9.47 Å². The van der Waals surface area contributed by atoms with Gasteiger partial charge in [0.15, 0.2) is 17.3 Å². The van der Waals surface area contributed by atoms with Gasteiger partial charge < -0.3 is 14.8 Å². The first kappa shape index (κ1) is 18.7. The van der Waals surface area contributed by atoms with E-state index in [0.29, 0.717) is 25.4 Å². The molecule has 150 valence electrons. The summed E-state index contributed by atoms with van der Waals surface area (Å²) in [6.07, 6.45) is 2.16. The SMILES string of the molecule is CC1CCN(Cc2nnnn2CC(=O)NC[C@@H]2COc3ccccc3O2)CC1. The molecule has 0 unspecified atom stereocenters. The molecule has 0 spiro atoms. The van der Waals surface area contributed by atoms with Crippen LogP contribution in [0.25, 0.3) is 0 Å². The van der Waals surface area contributed by atoms with Crippen molar-refractivity contribution in [1.29, 1.82) is 0 Å². The summed E-state index contributed by atoms with van der Waals surface area (Å²) in [5.74, 6) is 2.78. The van der Waals surface area contributed by atoms with E-state index in [-0.39, 0.29) is 18.6 Å². The number of carbonyl (C=O) groups excluding carboxylic acids is 1. The third kappa shape index (κ3) is 4.59. The van der Waals surface area contributed by atoms with Gasteiger partial charge in [0.25, 0.3) is 0 Å². The zero-order valence-electron chi connectivity index (χ0n) is 16.1. The molecule has 1 amide bonds. The number of para-hydroxylation sites is 2. The van der Waals surface area contributed by atoms with Crippen molar-refractivity contribution in [3.8, 4) is 11.5 Å². The number of carbonyl (C=O) groups is 1. The molecule has 28 heavy (non-hydrogen) atoms. The van der Waals surface area contributed by atoms with Gasteiger partial charge in [-0.25, -0.2) is 4.68 Å². The van der Waals surface area contributed by atoms with E-state index < -0.39 is 0 Å². The predicted molar refractivity (Wildman–Crippen MR) is 101 cm³/mol. The fraction of sp³-hybridized carbons (Fsp3) is 0.579. The van der Waals surface area contributed by atoms with Crippen LogP contribution in [0.1, 0.15) is 25.6 Å². The minimum atomic E-state index is -0.220. The Morgan fingerprint density at radius 3 is 2.86 bits per heavy atom. The summed E-state index contributed by atoms with van der Waals surface area (Å²) in [5, 5.41) is 14.7. The molecule has 2 aliphatic rings. The lowest BCUT2D eigenvalue weighted by Gasteiger charge is -2.29. The molecule has 1 aromatic heterocycles. The highest BCUT2D eigenvalue weighted by atomic mass is 16.6. The standard InChI is InChI=1S/C19H26N6O3/c1-14-6-8-24(9-7-14)11-18-21-22-23-25(18)12-19(26)20-10-15-13-27-16-4-2-3-5-17(16)28-15/h2-5,14-15H,6-13H2,1H3,(H,20,26)/t15-/m1/s1. The molecule has 9 heteroatoms. The van der Waals surface area contributed by atoms with Gasteiger partial charge in [0.2, 0.25) is 5.91 Å². The van der Waals surface area contributed by atoms with Crippen LogP contribution in [0, 0.1) is 5.92 Å². The van der Waals surface area contributed by atoms with E-state index >= 15 is 0 Å². The molecule has 1 fully saturated rings. The second-order valence-corrected chi connectivity index (χ2v) is 7.51. The molecule has 1 atom stereocenters. The Morgan fingerprint density at radius 1 is 1.25 bits per heavy atom. The predicted octanol–water partition coefficient (Wildman–Crippen LogP) is 0.861. The van der Waals surface area contributed by atoms with Crippen LogP contribution in [0.2, 0.25) is 0 Å². The zero-order valence-corrected chi connectivity index (χ0v) is 16.1. The minimum absolute atomic E-state index is 0.0940. The van der Waals surface area contributed by atoms with Crippen LogP contribution in [0.4, 0.5) is 0 Å². The van der Waals surface area contributed by atoms with Crippen LogP contribution >= 0.6 is 0 Å². The number of aromatic nitrogens is 4. The lowest BCUT2D eigenvalue weighted by molar-refractivity contribution is -0.122. The van der Waals surface area contributed by atoms with Crippen molar-refractivity contribution in [1.82, 2.24) is 30.4 Å². The van der Waals surface area contributed by atoms with Gasteiger partial charge in [-0.05, 0) is 54.4 Å². The molecule has 0 aliphatic carbocycles. The molecule has 1 N–H and O–H groups in total. The quantitative estimate of drug-likeness (QED) is 0.787. The normalized spacial score (nSPS) is 20.1. The Balaban J connectivity index is 1.25. The number of rotatable bonds is 6. The van der Waals surface area contributed by atoms with E-state index in [1.165, 1.54) is 12.8 Å². The van der Waals surface area contributed by atoms with Crippen LogP contribution in [0.5, 0.6) is 11.5 Å². The van der Waals surface area contributed by atoms with Crippen molar-refractivity contribution in [2.75, 3.05) is 26.2 Å². The highest BCUT2D eigenvalue weighted by molar-refractivity contribution is 5.75. The first-order chi connectivity index (χ1) is 13.7. The Morgan fingerprint density at radius 2 is 2.04 bits per heavy atom. The van der Waals surface area contributed by atoms with E-state index in [9.17, 15) is 4.79 Å². The van der Waals surface area contributed by atoms with E-state index in [1.807, 2.05) is 24.3 Å². The lowest BCUT2D eigenvalue weighted by Crippen LogP contribution is -2.42. The van der Waals surface area contributed by atoms with Crippen LogP contribution < -0.4 is 14.8 Å². The number of hydrogen-bond acceptors (Lipinski definition) is 7. The second kappa shape index (κ2) is 8.55. The lowest BCUT2D eigenvalue weighted by atomic mass is 9.99. The average molecular weight is 386 g/mol. The Hall–Kier alpha value is -2.68. The largest absolute Gasteiger partial charge is 0.486 e. The maximum absolute atomic E-state index is 12.3. The zero-order chi connectivity index (χ0) is 19.3. The highest BCUT2D eigenvalue weighted by Gasteiger charge is 2.22. The molecule has 0 bridgehead atoms. The molecule has 1 aromatic carbocycles. The maximum atomic E-state index is 12.3. The number of fused-ring (bicyclic) bond motifs is 1. The number of tetrazole rings is 1. The highest BCUT2D eigenvalue weighted by Crippen LogP contribution is 2.30. The van der Waals surface area contributed by atoms with Crippen molar-refractivity contribution in [2.45, 2.75) is 39.0 Å². The van der Waals surface area contributed by atoms with Gasteiger partial charge >= 0.3 is 0 Å². The second-order valence-electron chi connectivity index (χ2n) is 7.51. The summed E-state index contributed by atoms with van der Waals surface area (Å²) >= 11 is 0. The van der Waals surface area contributed by atoms with Crippen LogP contribution in [-0.2, 0) is 17.9 Å². The Bertz CT molecular complexity index is 802. The number of nitrogens with one attached hydrogen (secondary N) is 1. The number of likely N-dealkylation sites (tertiary alicyclic amines) is 1. The smallest absolute Gasteiger partial charge is 0.242 e. The van der Waals surface area contributed by atoms with E-state index in [1.54, 1.807) is 4.68 Å². The van der Waals surface area contributed by atoms with Crippen molar-refractivity contribution >= 4 is 5.91 Å². The molecule has 9 nitrogen and oxygen atoms in total. The van der Waals surface area contributed by atoms with Crippen molar-refractivity contribution in [3.63, 3.8) is 0 Å². The fourth-order valence-corrected chi connectivity index (χ4v) is 3.46. The summed E-state index contributed by atoms with van der Waals surface area (Å²) in [4.78, 5) is 14.7. The number of ether oxygens (including phenoxy) is 2. The van der Waals surface area contributed by atoms with Gasteiger partial charge in [0.1, 0.15) is 19.3 Å². The van der Waals surface area contributed by atoms with Crippen molar-refractivity contribution in [3.05, 3.63) is 30.1 Å². The van der Waals surface area contributed by atoms with Gasteiger partial charge in [0.05, 0.1) is 13.1 Å². The number of hydrogen-bond donors (Lipinski definition) is 1. The van der Waals surface area contributed by atoms with Gasteiger partial charge in [-0.3, -0.25) is 9.69 Å². The van der Waals surface area contributed by atoms with Crippen molar-refractivity contribution < 1.29 is 14.3 Å². The Kier molecular flexibility index (Phi) is 5.70. The number of amides is 1. The summed E-state index contributed by atoms with van der Waals surface area (Å²) < 4.78 is 13.1. The van der Waals surface area contributed by atoms with Crippen molar-refractivity contribution in [2.24, 2.45) is 5.92 Å². The number of nitrogens with zero attached hydrogens (tertiary/aromatic N) is 5. The molecule has 1 saturated heterocycles. The molecule has 0 radical (unpaired) electrons. The third-order valence-electron chi connectivity index (χ3n) is 5.24. The van der Waals surface area contributed by atoms with Gasteiger partial charge in [-0.2, -0.15) is 0 Å². The van der Waals surface area contributed by atoms with Crippen LogP contribution in [-0.4, -0.2) is 63.4 Å². The summed E-state index contributed by atoms with van der Waals surface area (Å²) in [6.45, 7) is 5.91. The topological polar surface area (TPSA) is 94.4 Å². The maximum Gasteiger partial charge on any atom is 0.242 e. The molecule has 0 saturated carbocycles. The minimum Gasteiger partial charge on any atom is -0.486 e. The van der Waals surface area contributed by atoms with E-state index in [2.05, 4.69) is 32.7 Å². The Labute approximate surface area is 164 Å². The molecular weight excluding hydrogens is 360 g/mol. The summed E-state index contributed by atoms with van der Waals surface area (Å²) in [7, 11) is 0. The summed E-state index contributed by atoms with van der Waals surface area (Å²) in [5.41, 5.74) is 0. The first-order valence-corrected chi connectivity index (χ1v) is 9.80. The monoisotopic (exact) mass is 386 g/mol. The van der Waals surface area contributed by atoms with Gasteiger partial charge in [-0.15, -0.1) is 5.10 Å². The molecule has 2 aromatic rings. The average Bonchev–Trinajstić information content (AvgIpc) is 3.14. The van der Waals surface area contributed by atoms with Crippen LogP contribution in [0.3, 0.4) is 0 Å². The third-order valence-corrected chi connectivity index (χ3v) is 5.24. The molecule has 3 heterocycles. The summed E-state index contributed by atoms with van der Waals surface area (Å²) in [6, 6.07) is 7.52. The van der Waals surface area contributed by atoms with Crippen LogP contribution in [0.15, 0.2) is 24.3 Å². The molecule has 2 aliphatic heterocycles.